The Bertz CT molecular complexity index is 253. The fraction of sp³-hybridized carbons (Fsp3) is 0.625. The van der Waals surface area contributed by atoms with E-state index >= 15 is 0 Å². The lowest BCUT2D eigenvalue weighted by Gasteiger charge is -2.12. The minimum Gasteiger partial charge on any atom is -0.394 e. The number of nitrogens with zero attached hydrogens (tertiary/aromatic N) is 1. The van der Waals surface area contributed by atoms with Crippen LogP contribution >= 0.6 is 0 Å². The molecule has 0 aliphatic rings. The van der Waals surface area contributed by atoms with Crippen LogP contribution in [0.2, 0.25) is 0 Å². The molecule has 0 fully saturated rings. The van der Waals surface area contributed by atoms with Crippen LogP contribution in [-0.2, 0) is 0 Å². The maximum Gasteiger partial charge on any atom is 0.431 e. The molecule has 0 aliphatic heterocycles. The van der Waals surface area contributed by atoms with Crippen molar-refractivity contribution < 1.29 is 13.2 Å². The maximum absolute atomic E-state index is 12.2. The summed E-state index contributed by atoms with van der Waals surface area (Å²) in [6.07, 6.45) is -4.49. The van der Waals surface area contributed by atoms with E-state index in [1.807, 2.05) is 0 Å². The van der Waals surface area contributed by atoms with Crippen molar-refractivity contribution in [2.45, 2.75) is 13.1 Å². The van der Waals surface area contributed by atoms with E-state index in [9.17, 15) is 13.2 Å². The largest absolute Gasteiger partial charge is 0.431 e. The van der Waals surface area contributed by atoms with Gasteiger partial charge in [-0.15, -0.1) is 0 Å². The third-order valence-electron chi connectivity index (χ3n) is 1.76. The van der Waals surface area contributed by atoms with Crippen molar-refractivity contribution in [1.29, 1.82) is 0 Å². The SMILES string of the molecule is CN=C(CNC)C(C)=C(N)C(F)(F)F. The summed E-state index contributed by atoms with van der Waals surface area (Å²) in [6.45, 7) is 1.57. The van der Waals surface area contributed by atoms with E-state index in [0.717, 1.165) is 0 Å². The second-order valence-electron chi connectivity index (χ2n) is 2.74. The second kappa shape index (κ2) is 4.99. The summed E-state index contributed by atoms with van der Waals surface area (Å²) in [5, 5.41) is 2.72. The van der Waals surface area contributed by atoms with Crippen LogP contribution in [0.4, 0.5) is 13.2 Å². The average molecular weight is 209 g/mol. The fourth-order valence-electron chi connectivity index (χ4n) is 0.915. The molecule has 14 heavy (non-hydrogen) atoms. The van der Waals surface area contributed by atoms with Gasteiger partial charge in [-0.1, -0.05) is 0 Å². The number of hydrogen-bond donors (Lipinski definition) is 2. The number of rotatable bonds is 3. The van der Waals surface area contributed by atoms with Gasteiger partial charge in [0.15, 0.2) is 0 Å². The summed E-state index contributed by atoms with van der Waals surface area (Å²) in [7, 11) is 3.06. The van der Waals surface area contributed by atoms with Gasteiger partial charge < -0.3 is 11.1 Å². The average Bonchev–Trinajstić information content (AvgIpc) is 2.10. The number of nitrogens with one attached hydrogen (secondary N) is 1. The molecule has 0 amide bonds. The Hall–Kier alpha value is -1.04. The van der Waals surface area contributed by atoms with E-state index < -0.39 is 11.9 Å². The molecule has 0 radical (unpaired) electrons. The van der Waals surface area contributed by atoms with Crippen LogP contribution < -0.4 is 11.1 Å². The zero-order valence-electron chi connectivity index (χ0n) is 8.37. The van der Waals surface area contributed by atoms with Gasteiger partial charge in [-0.2, -0.15) is 13.2 Å². The van der Waals surface area contributed by atoms with Crippen LogP contribution in [0, 0.1) is 0 Å². The molecule has 6 heteroatoms. The molecule has 3 N–H and O–H groups in total. The molecule has 0 atom stereocenters. The molecule has 0 saturated heterocycles. The van der Waals surface area contributed by atoms with Crippen LogP contribution in [0.25, 0.3) is 0 Å². The second-order valence-corrected chi connectivity index (χ2v) is 2.74. The maximum atomic E-state index is 12.2. The first kappa shape index (κ1) is 13.0. The molecule has 82 valence electrons. The molecule has 0 aromatic heterocycles. The molecule has 0 bridgehead atoms. The van der Waals surface area contributed by atoms with E-state index in [-0.39, 0.29) is 12.1 Å². The Labute approximate surface area is 80.9 Å². The first-order chi connectivity index (χ1) is 6.34. The van der Waals surface area contributed by atoms with Crippen molar-refractivity contribution >= 4 is 5.71 Å². The van der Waals surface area contributed by atoms with E-state index in [2.05, 4.69) is 10.3 Å². The van der Waals surface area contributed by atoms with Gasteiger partial charge in [0, 0.05) is 13.6 Å². The van der Waals surface area contributed by atoms with Crippen molar-refractivity contribution in [3.63, 3.8) is 0 Å². The molecule has 0 aliphatic carbocycles. The molecule has 0 unspecified atom stereocenters. The normalized spacial score (nSPS) is 15.4. The summed E-state index contributed by atoms with van der Waals surface area (Å²) in [4.78, 5) is 3.73. The van der Waals surface area contributed by atoms with Crippen molar-refractivity contribution in [3.05, 3.63) is 11.3 Å². The molecule has 0 rings (SSSR count). The number of allylic oxidation sites excluding steroid dienone is 1. The van der Waals surface area contributed by atoms with Gasteiger partial charge in [-0.25, -0.2) is 0 Å². The van der Waals surface area contributed by atoms with Crippen LogP contribution in [0.1, 0.15) is 6.92 Å². The highest BCUT2D eigenvalue weighted by Crippen LogP contribution is 2.24. The zero-order valence-corrected chi connectivity index (χ0v) is 8.37. The van der Waals surface area contributed by atoms with Gasteiger partial charge in [0.05, 0.1) is 5.71 Å². The van der Waals surface area contributed by atoms with E-state index in [0.29, 0.717) is 5.71 Å². The first-order valence-electron chi connectivity index (χ1n) is 3.98. The Balaban J connectivity index is 4.98. The van der Waals surface area contributed by atoms with Crippen LogP contribution in [0.15, 0.2) is 16.3 Å². The van der Waals surface area contributed by atoms with Gasteiger partial charge in [-0.3, -0.25) is 4.99 Å². The summed E-state index contributed by atoms with van der Waals surface area (Å²) in [5.41, 5.74) is 4.13. The number of nitrogens with two attached hydrogens (primary N) is 1. The minimum absolute atomic E-state index is 0.0330. The molecule has 0 aromatic carbocycles. The Kier molecular flexibility index (Phi) is 4.62. The quantitative estimate of drug-likeness (QED) is 0.683. The van der Waals surface area contributed by atoms with E-state index in [1.165, 1.54) is 14.0 Å². The lowest BCUT2D eigenvalue weighted by molar-refractivity contribution is -0.0931. The number of hydrogen-bond acceptors (Lipinski definition) is 3. The molecule has 0 saturated carbocycles. The highest BCUT2D eigenvalue weighted by molar-refractivity contribution is 6.01. The van der Waals surface area contributed by atoms with Crippen LogP contribution in [0.3, 0.4) is 0 Å². The lowest BCUT2D eigenvalue weighted by atomic mass is 10.1. The molecule has 3 nitrogen and oxygen atoms in total. The molecule has 0 aromatic rings. The third kappa shape index (κ3) is 3.37. The topological polar surface area (TPSA) is 50.4 Å². The van der Waals surface area contributed by atoms with E-state index in [1.54, 1.807) is 7.05 Å². The third-order valence-corrected chi connectivity index (χ3v) is 1.76. The monoisotopic (exact) mass is 209 g/mol. The standard InChI is InChI=1S/C8H14F3N3/c1-5(6(14-3)4-13-2)7(12)8(9,10)11/h13H,4,12H2,1-3H3. The van der Waals surface area contributed by atoms with Gasteiger partial charge in [0.25, 0.3) is 0 Å². The van der Waals surface area contributed by atoms with Crippen molar-refractivity contribution in [1.82, 2.24) is 5.32 Å². The van der Waals surface area contributed by atoms with Crippen molar-refractivity contribution in [2.24, 2.45) is 10.7 Å². The number of alkyl halides is 3. The summed E-state index contributed by atoms with van der Waals surface area (Å²) in [5.74, 6) is 0. The Morgan fingerprint density at radius 2 is 1.93 bits per heavy atom. The number of aliphatic imine (C=N–C) groups is 1. The highest BCUT2D eigenvalue weighted by atomic mass is 19.4. The van der Waals surface area contributed by atoms with Crippen LogP contribution in [0.5, 0.6) is 0 Å². The Morgan fingerprint density at radius 1 is 1.43 bits per heavy atom. The Morgan fingerprint density at radius 3 is 2.21 bits per heavy atom. The van der Waals surface area contributed by atoms with E-state index in [4.69, 9.17) is 5.73 Å². The zero-order chi connectivity index (χ0) is 11.4. The van der Waals surface area contributed by atoms with Gasteiger partial charge in [0.2, 0.25) is 0 Å². The lowest BCUT2D eigenvalue weighted by Crippen LogP contribution is -2.27. The van der Waals surface area contributed by atoms with Gasteiger partial charge in [-0.05, 0) is 19.5 Å². The highest BCUT2D eigenvalue weighted by Gasteiger charge is 2.33. The number of halogens is 3. The summed E-state index contributed by atoms with van der Waals surface area (Å²) >= 11 is 0. The summed E-state index contributed by atoms with van der Waals surface area (Å²) in [6, 6.07) is 0. The smallest absolute Gasteiger partial charge is 0.394 e. The predicted molar refractivity (Wildman–Crippen MR) is 50.2 cm³/mol. The van der Waals surface area contributed by atoms with Crippen molar-refractivity contribution in [3.8, 4) is 0 Å². The first-order valence-corrected chi connectivity index (χ1v) is 3.98. The molecular weight excluding hydrogens is 195 g/mol. The summed E-state index contributed by atoms with van der Waals surface area (Å²) < 4.78 is 36.5. The fourth-order valence-corrected chi connectivity index (χ4v) is 0.915. The van der Waals surface area contributed by atoms with Crippen LogP contribution in [-0.4, -0.2) is 32.5 Å². The van der Waals surface area contributed by atoms with Gasteiger partial charge >= 0.3 is 6.18 Å². The molecule has 0 heterocycles. The minimum atomic E-state index is -4.49. The molecule has 0 spiro atoms. The van der Waals surface area contributed by atoms with Gasteiger partial charge in [0.1, 0.15) is 5.70 Å². The van der Waals surface area contributed by atoms with Crippen molar-refractivity contribution in [2.75, 3.05) is 20.6 Å². The predicted octanol–water partition coefficient (Wildman–Crippen LogP) is 1.07. The molecular formula is C8H14F3N3.